The third-order valence-electron chi connectivity index (χ3n) is 3.39. The summed E-state index contributed by atoms with van der Waals surface area (Å²) in [6.45, 7) is 3.54. The highest BCUT2D eigenvalue weighted by Crippen LogP contribution is 2.22. The van der Waals surface area contributed by atoms with Crippen molar-refractivity contribution in [3.8, 4) is 0 Å². The van der Waals surface area contributed by atoms with E-state index >= 15 is 0 Å². The van der Waals surface area contributed by atoms with Crippen LogP contribution in [0.5, 0.6) is 0 Å². The van der Waals surface area contributed by atoms with Crippen molar-refractivity contribution in [3.63, 3.8) is 0 Å². The van der Waals surface area contributed by atoms with Crippen molar-refractivity contribution >= 4 is 15.8 Å². The predicted molar refractivity (Wildman–Crippen MR) is 72.4 cm³/mol. The van der Waals surface area contributed by atoms with Gasteiger partial charge in [0.2, 0.25) is 5.95 Å². The number of hydrogen-bond acceptors (Lipinski definition) is 4. The molecule has 0 bridgehead atoms. The minimum absolute atomic E-state index is 0.238. The lowest BCUT2D eigenvalue weighted by atomic mass is 10.2. The lowest BCUT2D eigenvalue weighted by Gasteiger charge is -2.13. The Hall–Kier alpha value is -1.04. The quantitative estimate of drug-likeness (QED) is 0.799. The fourth-order valence-electron chi connectivity index (χ4n) is 2.28. The molecule has 2 rings (SSSR count). The standard InChI is InChI=1S/C12H21N3O2S/c1-2-3-6-13-12-14-7-8-15(12)10-11-5-4-9-18(11,16)17/h7-8,11H,2-6,9-10H2,1H3,(H,13,14). The Balaban J connectivity index is 1.99. The summed E-state index contributed by atoms with van der Waals surface area (Å²) in [5, 5.41) is 3.01. The minimum atomic E-state index is -2.88. The molecule has 1 aliphatic heterocycles. The van der Waals surface area contributed by atoms with Crippen LogP contribution >= 0.6 is 0 Å². The van der Waals surface area contributed by atoms with Crippen LogP contribution in [0.25, 0.3) is 0 Å². The molecule has 1 saturated heterocycles. The first-order chi connectivity index (χ1) is 8.63. The number of imidazole rings is 1. The molecule has 1 aliphatic rings. The molecular formula is C12H21N3O2S. The van der Waals surface area contributed by atoms with Crippen LogP contribution in [-0.4, -0.2) is 35.5 Å². The first kappa shape index (κ1) is 13.4. The number of nitrogens with zero attached hydrogens (tertiary/aromatic N) is 2. The van der Waals surface area contributed by atoms with E-state index in [4.69, 9.17) is 0 Å². The van der Waals surface area contributed by atoms with Crippen molar-refractivity contribution in [1.29, 1.82) is 0 Å². The Kier molecular flexibility index (Phi) is 4.27. The summed E-state index contributed by atoms with van der Waals surface area (Å²) < 4.78 is 25.5. The van der Waals surface area contributed by atoms with Gasteiger partial charge < -0.3 is 9.88 Å². The molecule has 1 fully saturated rings. The topological polar surface area (TPSA) is 64.0 Å². The largest absolute Gasteiger partial charge is 0.356 e. The van der Waals surface area contributed by atoms with Crippen molar-refractivity contribution in [3.05, 3.63) is 12.4 Å². The normalized spacial score (nSPS) is 22.2. The van der Waals surface area contributed by atoms with Crippen LogP contribution in [0.4, 0.5) is 5.95 Å². The average molecular weight is 271 g/mol. The van der Waals surface area contributed by atoms with E-state index in [-0.39, 0.29) is 5.25 Å². The van der Waals surface area contributed by atoms with Crippen molar-refractivity contribution in [2.75, 3.05) is 17.6 Å². The highest BCUT2D eigenvalue weighted by atomic mass is 32.2. The molecule has 0 spiro atoms. The van der Waals surface area contributed by atoms with Crippen LogP contribution < -0.4 is 5.32 Å². The van der Waals surface area contributed by atoms with E-state index in [1.807, 2.05) is 10.8 Å². The fourth-order valence-corrected chi connectivity index (χ4v) is 4.10. The van der Waals surface area contributed by atoms with Crippen molar-refractivity contribution in [1.82, 2.24) is 9.55 Å². The lowest BCUT2D eigenvalue weighted by molar-refractivity contribution is 0.567. The van der Waals surface area contributed by atoms with E-state index in [1.54, 1.807) is 6.20 Å². The van der Waals surface area contributed by atoms with Gasteiger partial charge >= 0.3 is 0 Å². The van der Waals surface area contributed by atoms with Crippen LogP contribution in [0, 0.1) is 0 Å². The van der Waals surface area contributed by atoms with Gasteiger partial charge in [0.05, 0.1) is 11.0 Å². The van der Waals surface area contributed by atoms with Crippen LogP contribution in [-0.2, 0) is 16.4 Å². The van der Waals surface area contributed by atoms with Gasteiger partial charge in [-0.2, -0.15) is 0 Å². The van der Waals surface area contributed by atoms with Crippen LogP contribution in [0.2, 0.25) is 0 Å². The van der Waals surface area contributed by atoms with Gasteiger partial charge in [0.15, 0.2) is 9.84 Å². The molecular weight excluding hydrogens is 250 g/mol. The number of sulfone groups is 1. The SMILES string of the molecule is CCCCNc1nccn1CC1CCCS1(=O)=O. The molecule has 6 heteroatoms. The minimum Gasteiger partial charge on any atom is -0.356 e. The molecule has 2 heterocycles. The molecule has 0 aromatic carbocycles. The zero-order valence-electron chi connectivity index (χ0n) is 10.8. The van der Waals surface area contributed by atoms with E-state index in [1.165, 1.54) is 0 Å². The third-order valence-corrected chi connectivity index (χ3v) is 5.65. The molecule has 1 N–H and O–H groups in total. The maximum absolute atomic E-state index is 11.8. The van der Waals surface area contributed by atoms with Gasteiger partial charge in [0.25, 0.3) is 0 Å². The molecule has 0 saturated carbocycles. The third kappa shape index (κ3) is 3.04. The first-order valence-corrected chi connectivity index (χ1v) is 8.31. The predicted octanol–water partition coefficient (Wildman–Crippen LogP) is 1.67. The molecule has 1 aromatic rings. The highest BCUT2D eigenvalue weighted by molar-refractivity contribution is 7.92. The van der Waals surface area contributed by atoms with Gasteiger partial charge in [0, 0.05) is 25.5 Å². The summed E-state index contributed by atoms with van der Waals surface area (Å²) in [6.07, 6.45) is 7.35. The summed E-state index contributed by atoms with van der Waals surface area (Å²) in [6, 6.07) is 0. The van der Waals surface area contributed by atoms with Crippen LogP contribution in [0.15, 0.2) is 12.4 Å². The van der Waals surface area contributed by atoms with Gasteiger partial charge in [-0.25, -0.2) is 13.4 Å². The summed E-state index contributed by atoms with van der Waals surface area (Å²) in [4.78, 5) is 4.23. The summed E-state index contributed by atoms with van der Waals surface area (Å²) in [5.74, 6) is 1.12. The van der Waals surface area contributed by atoms with E-state index in [0.717, 1.165) is 38.2 Å². The Bertz CT molecular complexity index is 481. The van der Waals surface area contributed by atoms with Gasteiger partial charge in [-0.3, -0.25) is 0 Å². The maximum Gasteiger partial charge on any atom is 0.202 e. The Morgan fingerprint density at radius 1 is 1.56 bits per heavy atom. The molecule has 1 unspecified atom stereocenters. The van der Waals surface area contributed by atoms with E-state index in [2.05, 4.69) is 17.2 Å². The average Bonchev–Trinajstić information content (AvgIpc) is 2.88. The van der Waals surface area contributed by atoms with E-state index in [9.17, 15) is 8.42 Å². The Labute approximate surface area is 109 Å². The molecule has 1 atom stereocenters. The monoisotopic (exact) mass is 271 g/mol. The number of nitrogens with one attached hydrogen (secondary N) is 1. The summed E-state index contributed by atoms with van der Waals surface area (Å²) in [7, 11) is -2.88. The first-order valence-electron chi connectivity index (χ1n) is 6.60. The van der Waals surface area contributed by atoms with Crippen molar-refractivity contribution in [2.24, 2.45) is 0 Å². The maximum atomic E-state index is 11.8. The molecule has 0 radical (unpaired) electrons. The molecule has 0 amide bonds. The van der Waals surface area contributed by atoms with Gasteiger partial charge in [-0.05, 0) is 19.3 Å². The zero-order valence-corrected chi connectivity index (χ0v) is 11.6. The number of rotatable bonds is 6. The number of aromatic nitrogens is 2. The second-order valence-corrected chi connectivity index (χ2v) is 7.22. The smallest absolute Gasteiger partial charge is 0.202 e. The van der Waals surface area contributed by atoms with Crippen LogP contribution in [0.1, 0.15) is 32.6 Å². The Morgan fingerprint density at radius 3 is 3.06 bits per heavy atom. The molecule has 0 aliphatic carbocycles. The van der Waals surface area contributed by atoms with Gasteiger partial charge in [-0.1, -0.05) is 13.3 Å². The van der Waals surface area contributed by atoms with Gasteiger partial charge in [-0.15, -0.1) is 0 Å². The van der Waals surface area contributed by atoms with Gasteiger partial charge in [0.1, 0.15) is 0 Å². The number of anilines is 1. The van der Waals surface area contributed by atoms with E-state index in [0.29, 0.717) is 12.3 Å². The second kappa shape index (κ2) is 5.73. The molecule has 1 aromatic heterocycles. The van der Waals surface area contributed by atoms with Crippen molar-refractivity contribution in [2.45, 2.75) is 44.4 Å². The fraction of sp³-hybridized carbons (Fsp3) is 0.750. The summed E-state index contributed by atoms with van der Waals surface area (Å²) in [5.41, 5.74) is 0. The molecule has 18 heavy (non-hydrogen) atoms. The van der Waals surface area contributed by atoms with E-state index < -0.39 is 9.84 Å². The highest BCUT2D eigenvalue weighted by Gasteiger charge is 2.31. The van der Waals surface area contributed by atoms with Crippen molar-refractivity contribution < 1.29 is 8.42 Å². The lowest BCUT2D eigenvalue weighted by Crippen LogP contribution is -2.23. The number of unbranched alkanes of at least 4 members (excludes halogenated alkanes) is 1. The summed E-state index contributed by atoms with van der Waals surface area (Å²) >= 11 is 0. The van der Waals surface area contributed by atoms with Crippen LogP contribution in [0.3, 0.4) is 0 Å². The number of hydrogen-bond donors (Lipinski definition) is 1. The Morgan fingerprint density at radius 2 is 2.39 bits per heavy atom. The molecule has 5 nitrogen and oxygen atoms in total. The molecule has 102 valence electrons. The zero-order chi connectivity index (χ0) is 13.0. The second-order valence-electron chi connectivity index (χ2n) is 4.81.